The Balaban J connectivity index is 1.01. The lowest BCUT2D eigenvalue weighted by Crippen LogP contribution is -2.11. The topological polar surface area (TPSA) is 16.4 Å². The van der Waals surface area contributed by atoms with E-state index in [1.807, 2.05) is 18.2 Å². The van der Waals surface area contributed by atoms with Crippen LogP contribution in [0.25, 0.3) is 77.6 Å². The molecule has 0 bridgehead atoms. The highest BCUT2D eigenvalue weighted by atomic mass is 16.3. The van der Waals surface area contributed by atoms with Gasteiger partial charge in [-0.2, -0.15) is 0 Å². The van der Waals surface area contributed by atoms with E-state index in [2.05, 4.69) is 211 Å². The molecule has 1 heterocycles. The van der Waals surface area contributed by atoms with E-state index in [0.29, 0.717) is 0 Å². The van der Waals surface area contributed by atoms with Gasteiger partial charge in [-0.25, -0.2) is 0 Å². The number of nitrogens with zero attached hydrogens (tertiary/aromatic N) is 1. The standard InChI is InChI=1S/C54H37NO/c1-3-12-38(13-4-1)39-22-24-40(25-23-39)41-28-31-49(32-29-41)55(52-20-9-8-19-51(52)42-14-5-2-6-15-42)50-33-30-45-34-44(26-27-46(45)36-50)43-17-11-18-47(35-43)54-37-48-16-7-10-21-53(48)56-54/h1-37H. The van der Waals surface area contributed by atoms with E-state index < -0.39 is 0 Å². The molecule has 10 aromatic rings. The first-order valence-electron chi connectivity index (χ1n) is 19.1. The van der Waals surface area contributed by atoms with Crippen molar-refractivity contribution in [3.05, 3.63) is 224 Å². The highest BCUT2D eigenvalue weighted by molar-refractivity contribution is 5.95. The second-order valence-corrected chi connectivity index (χ2v) is 14.2. The third-order valence-electron chi connectivity index (χ3n) is 10.7. The van der Waals surface area contributed by atoms with E-state index in [-0.39, 0.29) is 0 Å². The first kappa shape index (κ1) is 33.2. The lowest BCUT2D eigenvalue weighted by molar-refractivity contribution is 0.631. The van der Waals surface area contributed by atoms with Gasteiger partial charge in [-0.15, -0.1) is 0 Å². The molecule has 0 N–H and O–H groups in total. The van der Waals surface area contributed by atoms with E-state index in [1.54, 1.807) is 0 Å². The molecule has 10 rings (SSSR count). The zero-order valence-electron chi connectivity index (χ0n) is 30.7. The second-order valence-electron chi connectivity index (χ2n) is 14.2. The maximum Gasteiger partial charge on any atom is 0.135 e. The molecule has 0 spiro atoms. The lowest BCUT2D eigenvalue weighted by atomic mass is 9.98. The number of benzene rings is 9. The van der Waals surface area contributed by atoms with Gasteiger partial charge in [0, 0.05) is 27.9 Å². The molecule has 1 aromatic heterocycles. The number of para-hydroxylation sites is 2. The number of furan rings is 1. The number of rotatable bonds is 8. The minimum Gasteiger partial charge on any atom is -0.456 e. The van der Waals surface area contributed by atoms with Gasteiger partial charge < -0.3 is 9.32 Å². The average Bonchev–Trinajstić information content (AvgIpc) is 3.72. The molecule has 0 unspecified atom stereocenters. The lowest BCUT2D eigenvalue weighted by Gasteiger charge is -2.28. The molecule has 0 saturated heterocycles. The van der Waals surface area contributed by atoms with Crippen molar-refractivity contribution in [2.24, 2.45) is 0 Å². The van der Waals surface area contributed by atoms with Crippen LogP contribution in [0.1, 0.15) is 0 Å². The van der Waals surface area contributed by atoms with Crippen LogP contribution in [0.5, 0.6) is 0 Å². The van der Waals surface area contributed by atoms with E-state index in [4.69, 9.17) is 4.42 Å². The third kappa shape index (κ3) is 6.44. The fourth-order valence-corrected chi connectivity index (χ4v) is 7.77. The van der Waals surface area contributed by atoms with Gasteiger partial charge in [0.2, 0.25) is 0 Å². The van der Waals surface area contributed by atoms with Crippen LogP contribution >= 0.6 is 0 Å². The van der Waals surface area contributed by atoms with Gasteiger partial charge in [0.1, 0.15) is 11.3 Å². The summed E-state index contributed by atoms with van der Waals surface area (Å²) in [5.74, 6) is 0.878. The summed E-state index contributed by atoms with van der Waals surface area (Å²) in [6.45, 7) is 0. The van der Waals surface area contributed by atoms with Crippen LogP contribution in [0.4, 0.5) is 17.1 Å². The Morgan fingerprint density at radius 2 is 0.804 bits per heavy atom. The van der Waals surface area contributed by atoms with Gasteiger partial charge in [0.25, 0.3) is 0 Å². The maximum absolute atomic E-state index is 6.20. The van der Waals surface area contributed by atoms with Crippen LogP contribution < -0.4 is 4.90 Å². The van der Waals surface area contributed by atoms with Crippen LogP contribution in [0.2, 0.25) is 0 Å². The van der Waals surface area contributed by atoms with Crippen molar-refractivity contribution in [3.8, 4) is 55.8 Å². The summed E-state index contributed by atoms with van der Waals surface area (Å²) in [7, 11) is 0. The van der Waals surface area contributed by atoms with Crippen molar-refractivity contribution in [3.63, 3.8) is 0 Å². The molecule has 9 aromatic carbocycles. The Hall–Kier alpha value is -7.42. The van der Waals surface area contributed by atoms with Gasteiger partial charge in [-0.05, 0) is 104 Å². The molecule has 56 heavy (non-hydrogen) atoms. The summed E-state index contributed by atoms with van der Waals surface area (Å²) in [6, 6.07) is 80.1. The Bertz CT molecular complexity index is 2910. The van der Waals surface area contributed by atoms with Gasteiger partial charge in [-0.3, -0.25) is 0 Å². The largest absolute Gasteiger partial charge is 0.456 e. The molecule has 0 saturated carbocycles. The fourth-order valence-electron chi connectivity index (χ4n) is 7.77. The Morgan fingerprint density at radius 3 is 1.55 bits per heavy atom. The molecule has 0 aliphatic heterocycles. The summed E-state index contributed by atoms with van der Waals surface area (Å²) in [5, 5.41) is 3.47. The summed E-state index contributed by atoms with van der Waals surface area (Å²) in [5.41, 5.74) is 14.8. The van der Waals surface area contributed by atoms with Crippen molar-refractivity contribution in [1.29, 1.82) is 0 Å². The maximum atomic E-state index is 6.20. The summed E-state index contributed by atoms with van der Waals surface area (Å²) < 4.78 is 6.20. The van der Waals surface area contributed by atoms with Gasteiger partial charge in [0.05, 0.1) is 5.69 Å². The van der Waals surface area contributed by atoms with Crippen molar-refractivity contribution >= 4 is 38.8 Å². The second kappa shape index (κ2) is 14.4. The summed E-state index contributed by atoms with van der Waals surface area (Å²) in [6.07, 6.45) is 0. The van der Waals surface area contributed by atoms with Crippen LogP contribution in [-0.2, 0) is 0 Å². The summed E-state index contributed by atoms with van der Waals surface area (Å²) >= 11 is 0. The molecule has 0 fully saturated rings. The van der Waals surface area contributed by atoms with Gasteiger partial charge in [0.15, 0.2) is 0 Å². The molecule has 0 aliphatic carbocycles. The zero-order valence-corrected chi connectivity index (χ0v) is 30.7. The quantitative estimate of drug-likeness (QED) is 0.156. The van der Waals surface area contributed by atoms with Crippen molar-refractivity contribution in [1.82, 2.24) is 0 Å². The monoisotopic (exact) mass is 715 g/mol. The molecule has 2 heteroatoms. The molecule has 0 radical (unpaired) electrons. The van der Waals surface area contributed by atoms with Crippen LogP contribution in [0.15, 0.2) is 229 Å². The molecule has 0 atom stereocenters. The predicted molar refractivity (Wildman–Crippen MR) is 236 cm³/mol. The number of anilines is 3. The molecule has 2 nitrogen and oxygen atoms in total. The van der Waals surface area contributed by atoms with E-state index in [0.717, 1.165) is 44.9 Å². The van der Waals surface area contributed by atoms with Crippen LogP contribution in [-0.4, -0.2) is 0 Å². The van der Waals surface area contributed by atoms with Crippen molar-refractivity contribution in [2.45, 2.75) is 0 Å². The minimum absolute atomic E-state index is 0.878. The average molecular weight is 716 g/mol. The first-order chi connectivity index (χ1) is 27.7. The van der Waals surface area contributed by atoms with Crippen LogP contribution in [0.3, 0.4) is 0 Å². The number of hydrogen-bond acceptors (Lipinski definition) is 2. The Kier molecular flexibility index (Phi) is 8.55. The Labute approximate surface area is 327 Å². The normalized spacial score (nSPS) is 11.2. The molecule has 0 amide bonds. The summed E-state index contributed by atoms with van der Waals surface area (Å²) in [4.78, 5) is 2.38. The molecule has 0 aliphatic rings. The Morgan fingerprint density at radius 1 is 0.286 bits per heavy atom. The molecular formula is C54H37NO. The molecule has 264 valence electrons. The van der Waals surface area contributed by atoms with E-state index >= 15 is 0 Å². The number of fused-ring (bicyclic) bond motifs is 2. The van der Waals surface area contributed by atoms with Crippen molar-refractivity contribution in [2.75, 3.05) is 4.90 Å². The predicted octanol–water partition coefficient (Wildman–Crippen LogP) is 15.4. The highest BCUT2D eigenvalue weighted by Gasteiger charge is 2.18. The number of hydrogen-bond donors (Lipinski definition) is 0. The zero-order chi connectivity index (χ0) is 37.3. The van der Waals surface area contributed by atoms with Crippen molar-refractivity contribution < 1.29 is 4.42 Å². The van der Waals surface area contributed by atoms with Gasteiger partial charge >= 0.3 is 0 Å². The molecular weight excluding hydrogens is 679 g/mol. The van der Waals surface area contributed by atoms with E-state index in [9.17, 15) is 0 Å². The SMILES string of the molecule is c1ccc(-c2ccc(-c3ccc(N(c4ccc5cc(-c6cccc(-c7cc8ccccc8o7)c6)ccc5c4)c4ccccc4-c4ccccc4)cc3)cc2)cc1. The van der Waals surface area contributed by atoms with Gasteiger partial charge in [-0.1, -0.05) is 170 Å². The van der Waals surface area contributed by atoms with E-state index in [1.165, 1.54) is 49.7 Å². The third-order valence-corrected chi connectivity index (χ3v) is 10.7. The highest BCUT2D eigenvalue weighted by Crippen LogP contribution is 2.42. The van der Waals surface area contributed by atoms with Crippen LogP contribution in [0, 0.1) is 0 Å². The minimum atomic E-state index is 0.878. The fraction of sp³-hybridized carbons (Fsp3) is 0. The first-order valence-corrected chi connectivity index (χ1v) is 19.1. The smallest absolute Gasteiger partial charge is 0.135 e.